The van der Waals surface area contributed by atoms with Crippen LogP contribution in [-0.4, -0.2) is 20.2 Å². The molecule has 1 aliphatic heterocycles. The molecule has 1 heterocycles. The minimum Gasteiger partial charge on any atom is -0.375 e. The summed E-state index contributed by atoms with van der Waals surface area (Å²) in [7, 11) is -4.09. The molecule has 1 N–H and O–H groups in total. The third-order valence-corrected chi connectivity index (χ3v) is 5.91. The van der Waals surface area contributed by atoms with Crippen LogP contribution >= 0.6 is 0 Å². The number of fused-ring (bicyclic) bond motifs is 1. The van der Waals surface area contributed by atoms with Crippen LogP contribution in [0.25, 0.3) is 0 Å². The van der Waals surface area contributed by atoms with Crippen LogP contribution in [-0.2, 0) is 14.4 Å². The van der Waals surface area contributed by atoms with E-state index in [9.17, 15) is 13.7 Å². The summed E-state index contributed by atoms with van der Waals surface area (Å²) >= 11 is 0. The van der Waals surface area contributed by atoms with Crippen molar-refractivity contribution in [3.8, 4) is 6.07 Å². The molecule has 0 unspecified atom stereocenters. The second kappa shape index (κ2) is 7.05. The Kier molecular flexibility index (Phi) is 4.94. The Labute approximate surface area is 159 Å². The molecule has 1 aromatic carbocycles. The van der Waals surface area contributed by atoms with Crippen LogP contribution < -0.4 is 5.32 Å². The van der Waals surface area contributed by atoms with Crippen LogP contribution in [0.4, 0.5) is 0 Å². The molecule has 6 nitrogen and oxygen atoms in total. The predicted molar refractivity (Wildman–Crippen MR) is 103 cm³/mol. The van der Waals surface area contributed by atoms with Gasteiger partial charge >= 0.3 is 10.1 Å². The number of nitrogens with one attached hydrogen (secondary N) is 1. The quantitative estimate of drug-likeness (QED) is 0.636. The molecule has 7 heteroatoms. The topological polar surface area (TPSA) is 91.6 Å². The number of hydrogen-bond donors (Lipinski definition) is 1. The van der Waals surface area contributed by atoms with E-state index in [-0.39, 0.29) is 10.6 Å². The normalized spacial score (nSPS) is 21.3. The molecule has 1 saturated heterocycles. The highest BCUT2D eigenvalue weighted by atomic mass is 32.2. The van der Waals surface area contributed by atoms with Crippen molar-refractivity contribution in [1.82, 2.24) is 5.32 Å². The van der Waals surface area contributed by atoms with E-state index in [0.717, 1.165) is 23.3 Å². The van der Waals surface area contributed by atoms with E-state index in [1.54, 1.807) is 12.1 Å². The number of aryl methyl sites for hydroxylation is 1. The van der Waals surface area contributed by atoms with Gasteiger partial charge in [0.2, 0.25) is 0 Å². The number of nitrogens with zero attached hydrogens (tertiary/aromatic N) is 2. The molecule has 0 radical (unpaired) electrons. The third-order valence-electron chi connectivity index (χ3n) is 4.79. The van der Waals surface area contributed by atoms with Gasteiger partial charge in [-0.15, -0.1) is 0 Å². The molecule has 140 valence electrons. The highest BCUT2D eigenvalue weighted by Crippen LogP contribution is 2.42. The summed E-state index contributed by atoms with van der Waals surface area (Å²) < 4.78 is 29.5. The van der Waals surface area contributed by atoms with Gasteiger partial charge in [0, 0.05) is 11.1 Å². The molecule has 1 aromatic rings. The third kappa shape index (κ3) is 3.67. The number of hydrogen-bond acceptors (Lipinski definition) is 6. The van der Waals surface area contributed by atoms with Gasteiger partial charge in [-0.25, -0.2) is 0 Å². The lowest BCUT2D eigenvalue weighted by atomic mass is 9.78. The number of nitriles is 1. The van der Waals surface area contributed by atoms with Crippen LogP contribution in [0, 0.1) is 23.7 Å². The van der Waals surface area contributed by atoms with Crippen LogP contribution in [0.1, 0.15) is 25.8 Å². The number of benzene rings is 1. The van der Waals surface area contributed by atoms with Crippen molar-refractivity contribution in [1.29, 1.82) is 5.26 Å². The number of oxime groups is 1. The lowest BCUT2D eigenvalue weighted by Crippen LogP contribution is -2.40. The van der Waals surface area contributed by atoms with Crippen molar-refractivity contribution < 1.29 is 12.7 Å². The zero-order chi connectivity index (χ0) is 19.7. The fourth-order valence-corrected chi connectivity index (χ4v) is 3.97. The van der Waals surface area contributed by atoms with Crippen molar-refractivity contribution in [2.75, 3.05) is 0 Å². The lowest BCUT2D eigenvalue weighted by Gasteiger charge is -2.25. The van der Waals surface area contributed by atoms with Gasteiger partial charge in [0.1, 0.15) is 11.0 Å². The molecular weight excluding hydrogens is 362 g/mol. The van der Waals surface area contributed by atoms with Crippen molar-refractivity contribution in [2.24, 2.45) is 10.6 Å². The molecule has 0 bridgehead atoms. The SMILES string of the molecule is Cc1ccc(S(=O)(=O)O/N=C(/C#N)[C@@H]2NC3=CC=CCC=C3C2(C)C)cc1. The minimum atomic E-state index is -4.09. The van der Waals surface area contributed by atoms with Gasteiger partial charge in [-0.1, -0.05) is 54.9 Å². The van der Waals surface area contributed by atoms with Gasteiger partial charge < -0.3 is 5.32 Å². The first-order valence-corrected chi connectivity index (χ1v) is 9.99. The lowest BCUT2D eigenvalue weighted by molar-refractivity contribution is 0.331. The summed E-state index contributed by atoms with van der Waals surface area (Å²) in [4.78, 5) is -0.00603. The zero-order valence-corrected chi connectivity index (χ0v) is 16.2. The summed E-state index contributed by atoms with van der Waals surface area (Å²) in [6.07, 6.45) is 8.83. The second-order valence-electron chi connectivity index (χ2n) is 7.09. The molecule has 0 saturated carbocycles. The predicted octanol–water partition coefficient (Wildman–Crippen LogP) is 3.35. The van der Waals surface area contributed by atoms with Crippen LogP contribution in [0.5, 0.6) is 0 Å². The molecule has 3 rings (SSSR count). The molecule has 2 aliphatic rings. The fraction of sp³-hybridized carbons (Fsp3) is 0.300. The highest BCUT2D eigenvalue weighted by Gasteiger charge is 2.45. The molecule has 0 spiro atoms. The van der Waals surface area contributed by atoms with Gasteiger partial charge in [-0.05, 0) is 37.1 Å². The first kappa shape index (κ1) is 18.9. The van der Waals surface area contributed by atoms with Crippen molar-refractivity contribution in [3.05, 3.63) is 65.4 Å². The van der Waals surface area contributed by atoms with Crippen molar-refractivity contribution in [2.45, 2.75) is 38.1 Å². The van der Waals surface area contributed by atoms with E-state index in [1.807, 2.05) is 45.1 Å². The zero-order valence-electron chi connectivity index (χ0n) is 15.4. The van der Waals surface area contributed by atoms with E-state index >= 15 is 0 Å². The Morgan fingerprint density at radius 2 is 2.04 bits per heavy atom. The van der Waals surface area contributed by atoms with Crippen LogP contribution in [0.3, 0.4) is 0 Å². The molecule has 1 atom stereocenters. The van der Waals surface area contributed by atoms with Gasteiger partial charge in [0.05, 0.1) is 6.04 Å². The molecule has 27 heavy (non-hydrogen) atoms. The van der Waals surface area contributed by atoms with Crippen LogP contribution in [0.15, 0.2) is 69.9 Å². The molecule has 0 aromatic heterocycles. The molecule has 0 amide bonds. The molecule has 1 fully saturated rings. The Balaban J connectivity index is 1.89. The fourth-order valence-electron chi connectivity index (χ4n) is 3.24. The van der Waals surface area contributed by atoms with E-state index in [1.165, 1.54) is 12.1 Å². The maximum atomic E-state index is 12.3. The summed E-state index contributed by atoms with van der Waals surface area (Å²) in [6.45, 7) is 5.84. The van der Waals surface area contributed by atoms with Crippen LogP contribution in [0.2, 0.25) is 0 Å². The van der Waals surface area contributed by atoms with E-state index in [0.29, 0.717) is 0 Å². The van der Waals surface area contributed by atoms with E-state index in [4.69, 9.17) is 4.28 Å². The monoisotopic (exact) mass is 383 g/mol. The first-order chi connectivity index (χ1) is 12.8. The average molecular weight is 383 g/mol. The maximum Gasteiger partial charge on any atom is 0.358 e. The van der Waals surface area contributed by atoms with Gasteiger partial charge in [-0.2, -0.15) is 13.7 Å². The maximum absolute atomic E-state index is 12.3. The minimum absolute atomic E-state index is 0.00603. The number of allylic oxidation sites excluding steroid dienone is 5. The summed E-state index contributed by atoms with van der Waals surface area (Å²) in [5, 5.41) is 16.5. The van der Waals surface area contributed by atoms with Crippen molar-refractivity contribution in [3.63, 3.8) is 0 Å². The smallest absolute Gasteiger partial charge is 0.358 e. The second-order valence-corrected chi connectivity index (χ2v) is 8.62. The Hall–Kier alpha value is -2.85. The summed E-state index contributed by atoms with van der Waals surface area (Å²) in [5.41, 5.74) is 2.45. The Bertz CT molecular complexity index is 1010. The first-order valence-electron chi connectivity index (χ1n) is 8.58. The van der Waals surface area contributed by atoms with Crippen molar-refractivity contribution >= 4 is 15.8 Å². The van der Waals surface area contributed by atoms with Gasteiger partial charge in [0.15, 0.2) is 5.71 Å². The average Bonchev–Trinajstić information content (AvgIpc) is 2.79. The van der Waals surface area contributed by atoms with E-state index < -0.39 is 21.6 Å². The summed E-state index contributed by atoms with van der Waals surface area (Å²) in [6, 6.07) is 7.74. The van der Waals surface area contributed by atoms with Gasteiger partial charge in [0.25, 0.3) is 0 Å². The summed E-state index contributed by atoms with van der Waals surface area (Å²) in [5.74, 6) is 0. The molecule has 1 aliphatic carbocycles. The molecular formula is C20H21N3O3S. The Morgan fingerprint density at radius 1 is 1.33 bits per heavy atom. The standard InChI is InChI=1S/C20H21N3O3S/c1-14-9-11-15(12-10-14)27(24,25)26-23-18(13-21)19-20(2,3)16-7-5-4-6-8-17(16)22-19/h4,6-12,19,22H,5H2,1-3H3/b23-18-/t19-/m0/s1. The number of rotatable bonds is 4. The van der Waals surface area contributed by atoms with Gasteiger partial charge in [-0.3, -0.25) is 4.28 Å². The van der Waals surface area contributed by atoms with E-state index in [2.05, 4.69) is 16.5 Å². The highest BCUT2D eigenvalue weighted by molar-refractivity contribution is 7.86. The Morgan fingerprint density at radius 3 is 2.70 bits per heavy atom. The largest absolute Gasteiger partial charge is 0.375 e.